The van der Waals surface area contributed by atoms with E-state index in [-0.39, 0.29) is 0 Å². The highest BCUT2D eigenvalue weighted by atomic mass is 35.5. The molecule has 2 nitrogen and oxygen atoms in total. The molecular weight excluding hydrogens is 240 g/mol. The zero-order valence-electron chi connectivity index (χ0n) is 9.11. The van der Waals surface area contributed by atoms with Crippen LogP contribution in [0.2, 0.25) is 5.02 Å². The van der Waals surface area contributed by atoms with E-state index in [4.69, 9.17) is 16.9 Å². The van der Waals surface area contributed by atoms with Crippen molar-refractivity contribution in [3.63, 3.8) is 0 Å². The van der Waals surface area contributed by atoms with Gasteiger partial charge in [0.2, 0.25) is 0 Å². The van der Waals surface area contributed by atoms with E-state index in [2.05, 4.69) is 24.1 Å². The maximum Gasteiger partial charge on any atom is 0.0622 e. The van der Waals surface area contributed by atoms with Gasteiger partial charge in [0.15, 0.2) is 0 Å². The predicted molar refractivity (Wildman–Crippen MR) is 69.2 cm³/mol. The highest BCUT2D eigenvalue weighted by Gasteiger charge is 2.23. The molecule has 1 heterocycles. The number of halogens is 1. The Morgan fingerprint density at radius 1 is 1.62 bits per heavy atom. The minimum Gasteiger partial charge on any atom is -0.370 e. The summed E-state index contributed by atoms with van der Waals surface area (Å²) in [6.45, 7) is 0. The Balaban J connectivity index is 2.19. The van der Waals surface area contributed by atoms with Crippen LogP contribution in [0.25, 0.3) is 0 Å². The van der Waals surface area contributed by atoms with Gasteiger partial charge >= 0.3 is 0 Å². The summed E-state index contributed by atoms with van der Waals surface area (Å²) in [6, 6.07) is 8.66. The van der Waals surface area contributed by atoms with E-state index in [1.165, 1.54) is 10.6 Å². The molecule has 1 unspecified atom stereocenters. The van der Waals surface area contributed by atoms with Gasteiger partial charge in [0, 0.05) is 35.2 Å². The summed E-state index contributed by atoms with van der Waals surface area (Å²) >= 11 is 7.80. The number of fused-ring (bicyclic) bond motifs is 1. The van der Waals surface area contributed by atoms with E-state index < -0.39 is 0 Å². The summed E-state index contributed by atoms with van der Waals surface area (Å²) in [5.41, 5.74) is 1.23. The zero-order chi connectivity index (χ0) is 11.5. The van der Waals surface area contributed by atoms with Gasteiger partial charge in [0.05, 0.1) is 11.8 Å². The molecule has 1 aliphatic rings. The quantitative estimate of drug-likeness (QED) is 0.805. The van der Waals surface area contributed by atoms with Gasteiger partial charge in [-0.05, 0) is 24.6 Å². The number of rotatable bonds is 2. The van der Waals surface area contributed by atoms with Crippen LogP contribution in [0.4, 0.5) is 5.69 Å². The van der Waals surface area contributed by atoms with Crippen molar-refractivity contribution < 1.29 is 0 Å². The summed E-state index contributed by atoms with van der Waals surface area (Å²) in [7, 11) is 2.09. The van der Waals surface area contributed by atoms with E-state index in [0.29, 0.717) is 12.5 Å². The number of benzene rings is 1. The van der Waals surface area contributed by atoms with Gasteiger partial charge in [-0.2, -0.15) is 5.26 Å². The summed E-state index contributed by atoms with van der Waals surface area (Å²) in [6.07, 6.45) is 1.56. The van der Waals surface area contributed by atoms with Crippen LogP contribution in [0.5, 0.6) is 0 Å². The van der Waals surface area contributed by atoms with E-state index in [0.717, 1.165) is 17.2 Å². The summed E-state index contributed by atoms with van der Waals surface area (Å²) in [4.78, 5) is 3.50. The number of anilines is 1. The topological polar surface area (TPSA) is 27.0 Å². The molecule has 0 N–H and O–H groups in total. The molecule has 1 atom stereocenters. The minimum absolute atomic E-state index is 0.457. The third kappa shape index (κ3) is 2.28. The molecule has 0 amide bonds. The highest BCUT2D eigenvalue weighted by Crippen LogP contribution is 2.38. The van der Waals surface area contributed by atoms with E-state index in [1.54, 1.807) is 0 Å². The normalized spacial score (nSPS) is 19.1. The first-order valence-corrected chi connectivity index (χ1v) is 6.61. The smallest absolute Gasteiger partial charge is 0.0622 e. The second kappa shape index (κ2) is 4.99. The molecule has 1 aromatic carbocycles. The van der Waals surface area contributed by atoms with Crippen LogP contribution >= 0.6 is 23.4 Å². The minimum atomic E-state index is 0.457. The fourth-order valence-electron chi connectivity index (χ4n) is 1.90. The molecule has 2 rings (SSSR count). The Morgan fingerprint density at radius 3 is 3.19 bits per heavy atom. The number of thioether (sulfide) groups is 1. The zero-order valence-corrected chi connectivity index (χ0v) is 10.7. The largest absolute Gasteiger partial charge is 0.370 e. The van der Waals surface area contributed by atoms with Crippen LogP contribution in [0.1, 0.15) is 12.8 Å². The molecule has 16 heavy (non-hydrogen) atoms. The second-order valence-corrected chi connectivity index (χ2v) is 5.38. The number of nitrogens with zero attached hydrogens (tertiary/aromatic N) is 2. The molecule has 0 saturated heterocycles. The molecule has 0 radical (unpaired) electrons. The van der Waals surface area contributed by atoms with Crippen LogP contribution in [-0.2, 0) is 0 Å². The SMILES string of the molecule is CN1c2ccc(Cl)cc2SCC1CCC#N. The van der Waals surface area contributed by atoms with E-state index >= 15 is 0 Å². The third-order valence-electron chi connectivity index (χ3n) is 2.87. The number of hydrogen-bond donors (Lipinski definition) is 0. The van der Waals surface area contributed by atoms with Crippen molar-refractivity contribution in [2.75, 3.05) is 17.7 Å². The molecule has 1 aromatic rings. The van der Waals surface area contributed by atoms with Crippen molar-refractivity contribution >= 4 is 29.1 Å². The maximum absolute atomic E-state index is 8.62. The third-order valence-corrected chi connectivity index (χ3v) is 4.29. The molecule has 0 bridgehead atoms. The molecule has 0 saturated carbocycles. The maximum atomic E-state index is 8.62. The van der Waals surface area contributed by atoms with Gasteiger partial charge in [0.25, 0.3) is 0 Å². The van der Waals surface area contributed by atoms with Crippen molar-refractivity contribution in [2.24, 2.45) is 0 Å². The molecule has 4 heteroatoms. The van der Waals surface area contributed by atoms with Crippen LogP contribution in [0.15, 0.2) is 23.1 Å². The van der Waals surface area contributed by atoms with Crippen LogP contribution in [-0.4, -0.2) is 18.8 Å². The van der Waals surface area contributed by atoms with E-state index in [1.807, 2.05) is 23.9 Å². The lowest BCUT2D eigenvalue weighted by molar-refractivity contribution is 0.636. The standard InChI is InChI=1S/C12H13ClN2S/c1-15-10(3-2-6-14)8-16-12-7-9(13)4-5-11(12)15/h4-5,7,10H,2-3,8H2,1H3. The van der Waals surface area contributed by atoms with Gasteiger partial charge in [-0.3, -0.25) is 0 Å². The first-order chi connectivity index (χ1) is 7.72. The number of nitriles is 1. The lowest BCUT2D eigenvalue weighted by atomic mass is 10.1. The first-order valence-electron chi connectivity index (χ1n) is 5.24. The second-order valence-electron chi connectivity index (χ2n) is 3.88. The molecule has 0 aliphatic carbocycles. The molecule has 1 aliphatic heterocycles. The molecule has 84 valence electrons. The Hall–Kier alpha value is -0.850. The summed E-state index contributed by atoms with van der Waals surface area (Å²) in [5, 5.41) is 9.41. The van der Waals surface area contributed by atoms with Crippen molar-refractivity contribution in [3.05, 3.63) is 23.2 Å². The Bertz CT molecular complexity index is 428. The van der Waals surface area contributed by atoms with Crippen LogP contribution in [0, 0.1) is 11.3 Å². The van der Waals surface area contributed by atoms with Crippen molar-refractivity contribution in [1.82, 2.24) is 0 Å². The number of hydrogen-bond acceptors (Lipinski definition) is 3. The Morgan fingerprint density at radius 2 is 2.44 bits per heavy atom. The lowest BCUT2D eigenvalue weighted by Gasteiger charge is -2.35. The highest BCUT2D eigenvalue weighted by molar-refractivity contribution is 7.99. The van der Waals surface area contributed by atoms with Crippen molar-refractivity contribution in [3.8, 4) is 6.07 Å². The lowest BCUT2D eigenvalue weighted by Crippen LogP contribution is -2.36. The summed E-state index contributed by atoms with van der Waals surface area (Å²) < 4.78 is 0. The van der Waals surface area contributed by atoms with Gasteiger partial charge < -0.3 is 4.90 Å². The van der Waals surface area contributed by atoms with Gasteiger partial charge in [-0.1, -0.05) is 11.6 Å². The Labute approximate surface area is 105 Å². The van der Waals surface area contributed by atoms with Crippen molar-refractivity contribution in [1.29, 1.82) is 5.26 Å². The molecule has 0 fully saturated rings. The molecular formula is C12H13ClN2S. The van der Waals surface area contributed by atoms with Gasteiger partial charge in [-0.25, -0.2) is 0 Å². The monoisotopic (exact) mass is 252 g/mol. The van der Waals surface area contributed by atoms with Crippen molar-refractivity contribution in [2.45, 2.75) is 23.8 Å². The predicted octanol–water partition coefficient (Wildman–Crippen LogP) is 3.55. The average Bonchev–Trinajstić information content (AvgIpc) is 2.28. The average molecular weight is 253 g/mol. The fourth-order valence-corrected chi connectivity index (χ4v) is 3.47. The van der Waals surface area contributed by atoms with Gasteiger partial charge in [0.1, 0.15) is 0 Å². The molecule has 0 aromatic heterocycles. The fraction of sp³-hybridized carbons (Fsp3) is 0.417. The Kier molecular flexibility index (Phi) is 3.63. The molecule has 0 spiro atoms. The summed E-state index contributed by atoms with van der Waals surface area (Å²) in [5.74, 6) is 1.03. The first kappa shape index (κ1) is 11.6. The van der Waals surface area contributed by atoms with E-state index in [9.17, 15) is 0 Å². The van der Waals surface area contributed by atoms with Gasteiger partial charge in [-0.15, -0.1) is 11.8 Å². The van der Waals surface area contributed by atoms with Crippen LogP contribution < -0.4 is 4.90 Å². The van der Waals surface area contributed by atoms with Crippen LogP contribution in [0.3, 0.4) is 0 Å².